The molecule has 4 aromatic rings. The largest absolute Gasteiger partial charge is 0.497 e. The van der Waals surface area contributed by atoms with Crippen LogP contribution in [0.1, 0.15) is 16.2 Å². The summed E-state index contributed by atoms with van der Waals surface area (Å²) in [6.45, 7) is 2.02. The molecule has 0 unspecified atom stereocenters. The molecule has 3 aromatic carbocycles. The molecule has 0 saturated heterocycles. The number of benzene rings is 3. The van der Waals surface area contributed by atoms with Crippen LogP contribution in [0.15, 0.2) is 77.3 Å². The van der Waals surface area contributed by atoms with Gasteiger partial charge in [-0.2, -0.15) is 0 Å². The summed E-state index contributed by atoms with van der Waals surface area (Å²) in [6.07, 6.45) is 0. The van der Waals surface area contributed by atoms with Gasteiger partial charge >= 0.3 is 0 Å². The van der Waals surface area contributed by atoms with Crippen molar-refractivity contribution in [1.29, 1.82) is 0 Å². The lowest BCUT2D eigenvalue weighted by molar-refractivity contribution is 0.101. The summed E-state index contributed by atoms with van der Waals surface area (Å²) < 4.78 is 7.79. The van der Waals surface area contributed by atoms with Crippen LogP contribution in [0.5, 0.6) is 5.75 Å². The highest BCUT2D eigenvalue weighted by Crippen LogP contribution is 2.24. The van der Waals surface area contributed by atoms with Gasteiger partial charge in [0.05, 0.1) is 12.8 Å². The monoisotopic (exact) mass is 462 g/mol. The van der Waals surface area contributed by atoms with E-state index in [1.165, 1.54) is 0 Å². The van der Waals surface area contributed by atoms with Crippen molar-refractivity contribution in [3.05, 3.63) is 88.7 Å². The van der Waals surface area contributed by atoms with Crippen LogP contribution < -0.4 is 10.1 Å². The fourth-order valence-corrected chi connectivity index (χ4v) is 3.27. The number of ether oxygens (including phenoxy) is 1. The molecule has 0 aliphatic rings. The summed E-state index contributed by atoms with van der Waals surface area (Å²) in [7, 11) is 1.60. The smallest absolute Gasteiger partial charge is 0.295 e. The lowest BCUT2D eigenvalue weighted by Gasteiger charge is -2.06. The molecule has 0 atom stereocenters. The Labute approximate surface area is 182 Å². The van der Waals surface area contributed by atoms with E-state index in [-0.39, 0.29) is 11.7 Å². The van der Waals surface area contributed by atoms with Gasteiger partial charge in [-0.1, -0.05) is 39.7 Å². The van der Waals surface area contributed by atoms with Crippen LogP contribution in [0.2, 0.25) is 0 Å². The molecule has 0 aliphatic carbocycles. The summed E-state index contributed by atoms with van der Waals surface area (Å²) in [6, 6.07) is 22.7. The molecule has 0 radical (unpaired) electrons. The van der Waals surface area contributed by atoms with Crippen molar-refractivity contribution in [2.45, 2.75) is 6.92 Å². The summed E-state index contributed by atoms with van der Waals surface area (Å²) in [5, 5.41) is 7.33. The van der Waals surface area contributed by atoms with Crippen LogP contribution in [0.4, 0.5) is 5.69 Å². The Hall–Kier alpha value is -3.45. The zero-order chi connectivity index (χ0) is 21.1. The molecule has 1 heterocycles. The van der Waals surface area contributed by atoms with Crippen LogP contribution in [0.3, 0.4) is 0 Å². The lowest BCUT2D eigenvalue weighted by atomic mass is 10.1. The molecular weight excluding hydrogens is 444 g/mol. The number of hydrogen-bond acceptors (Lipinski definition) is 4. The first-order chi connectivity index (χ1) is 14.5. The molecule has 0 spiro atoms. The number of aryl methyl sites for hydroxylation is 1. The fraction of sp³-hybridized carbons (Fsp3) is 0.0870. The highest BCUT2D eigenvalue weighted by atomic mass is 79.9. The van der Waals surface area contributed by atoms with Gasteiger partial charge in [0.1, 0.15) is 5.75 Å². The first-order valence-corrected chi connectivity index (χ1v) is 10.1. The molecule has 0 aliphatic heterocycles. The SMILES string of the molecule is COc1ccc(NC(=O)c2nc(-c3cccc(C)c3)n(-c3ccc(Br)cc3)n2)cc1. The Balaban J connectivity index is 1.72. The van der Waals surface area contributed by atoms with E-state index in [0.29, 0.717) is 17.3 Å². The summed E-state index contributed by atoms with van der Waals surface area (Å²) in [4.78, 5) is 17.4. The topological polar surface area (TPSA) is 69.0 Å². The van der Waals surface area contributed by atoms with Crippen molar-refractivity contribution < 1.29 is 9.53 Å². The molecule has 6 nitrogen and oxygen atoms in total. The van der Waals surface area contributed by atoms with Crippen LogP contribution in [0, 0.1) is 6.92 Å². The predicted molar refractivity (Wildman–Crippen MR) is 120 cm³/mol. The standard InChI is InChI=1S/C23H19BrN4O2/c1-15-4-3-5-16(14-15)22-26-21(27-28(22)19-10-6-17(24)7-11-19)23(29)25-18-8-12-20(30-2)13-9-18/h3-14H,1-2H3,(H,25,29). The maximum Gasteiger partial charge on any atom is 0.295 e. The van der Waals surface area contributed by atoms with Crippen molar-refractivity contribution in [2.24, 2.45) is 0 Å². The molecule has 0 fully saturated rings. The minimum Gasteiger partial charge on any atom is -0.497 e. The number of carbonyl (C=O) groups excluding carboxylic acids is 1. The number of aromatic nitrogens is 3. The maximum atomic E-state index is 12.8. The van der Waals surface area contributed by atoms with Crippen molar-refractivity contribution >= 4 is 27.5 Å². The second-order valence-corrected chi connectivity index (χ2v) is 7.62. The third-order valence-electron chi connectivity index (χ3n) is 4.51. The van der Waals surface area contributed by atoms with Gasteiger partial charge in [0, 0.05) is 15.7 Å². The van der Waals surface area contributed by atoms with E-state index in [2.05, 4.69) is 31.3 Å². The molecule has 7 heteroatoms. The van der Waals surface area contributed by atoms with Crippen molar-refractivity contribution in [3.63, 3.8) is 0 Å². The molecule has 0 saturated carbocycles. The van der Waals surface area contributed by atoms with E-state index < -0.39 is 0 Å². The quantitative estimate of drug-likeness (QED) is 0.438. The Morgan fingerprint density at radius 3 is 2.43 bits per heavy atom. The summed E-state index contributed by atoms with van der Waals surface area (Å²) in [5.74, 6) is 1.02. The van der Waals surface area contributed by atoms with Crippen LogP contribution in [-0.2, 0) is 0 Å². The number of nitrogens with zero attached hydrogens (tertiary/aromatic N) is 3. The van der Waals surface area contributed by atoms with Crippen molar-refractivity contribution in [3.8, 4) is 22.8 Å². The molecular formula is C23H19BrN4O2. The maximum absolute atomic E-state index is 12.8. The minimum atomic E-state index is -0.384. The molecule has 4 rings (SSSR count). The third-order valence-corrected chi connectivity index (χ3v) is 5.03. The highest BCUT2D eigenvalue weighted by Gasteiger charge is 2.19. The van der Waals surface area contributed by atoms with Crippen LogP contribution >= 0.6 is 15.9 Å². The van der Waals surface area contributed by atoms with Gasteiger partial charge in [-0.3, -0.25) is 4.79 Å². The normalized spacial score (nSPS) is 10.6. The Bertz CT molecular complexity index is 1180. The number of hydrogen-bond donors (Lipinski definition) is 1. The second kappa shape index (κ2) is 8.51. The fourth-order valence-electron chi connectivity index (χ4n) is 3.00. The van der Waals surface area contributed by atoms with Gasteiger partial charge in [-0.05, 0) is 61.5 Å². The average Bonchev–Trinajstić information content (AvgIpc) is 3.20. The Kier molecular flexibility index (Phi) is 5.63. The average molecular weight is 463 g/mol. The van der Waals surface area contributed by atoms with E-state index in [0.717, 1.165) is 21.3 Å². The van der Waals surface area contributed by atoms with E-state index >= 15 is 0 Å². The Morgan fingerprint density at radius 1 is 1.03 bits per heavy atom. The van der Waals surface area contributed by atoms with Gasteiger partial charge in [0.15, 0.2) is 5.82 Å². The summed E-state index contributed by atoms with van der Waals surface area (Å²) in [5.41, 5.74) is 3.43. The van der Waals surface area contributed by atoms with Gasteiger partial charge in [-0.25, -0.2) is 9.67 Å². The molecule has 1 N–H and O–H groups in total. The van der Waals surface area contributed by atoms with E-state index in [1.807, 2.05) is 55.5 Å². The van der Waals surface area contributed by atoms with E-state index in [4.69, 9.17) is 4.74 Å². The Morgan fingerprint density at radius 2 is 1.77 bits per heavy atom. The molecule has 1 aromatic heterocycles. The number of carbonyl (C=O) groups is 1. The van der Waals surface area contributed by atoms with Crippen LogP contribution in [0.25, 0.3) is 17.1 Å². The first-order valence-electron chi connectivity index (χ1n) is 9.29. The van der Waals surface area contributed by atoms with E-state index in [1.54, 1.807) is 36.1 Å². The van der Waals surface area contributed by atoms with Crippen molar-refractivity contribution in [1.82, 2.24) is 14.8 Å². The molecule has 150 valence electrons. The summed E-state index contributed by atoms with van der Waals surface area (Å²) >= 11 is 3.45. The number of anilines is 1. The van der Waals surface area contributed by atoms with Crippen LogP contribution in [-0.4, -0.2) is 27.8 Å². The zero-order valence-corrected chi connectivity index (χ0v) is 18.1. The lowest BCUT2D eigenvalue weighted by Crippen LogP contribution is -2.14. The molecule has 0 bridgehead atoms. The van der Waals surface area contributed by atoms with Gasteiger partial charge in [0.25, 0.3) is 5.91 Å². The minimum absolute atomic E-state index is 0.0882. The zero-order valence-electron chi connectivity index (χ0n) is 16.5. The van der Waals surface area contributed by atoms with Gasteiger partial charge in [0.2, 0.25) is 5.82 Å². The number of halogens is 1. The van der Waals surface area contributed by atoms with Crippen molar-refractivity contribution in [2.75, 3.05) is 12.4 Å². The number of nitrogens with one attached hydrogen (secondary N) is 1. The predicted octanol–water partition coefficient (Wildman–Crippen LogP) is 5.27. The molecule has 1 amide bonds. The number of amides is 1. The highest BCUT2D eigenvalue weighted by molar-refractivity contribution is 9.10. The third kappa shape index (κ3) is 4.26. The van der Waals surface area contributed by atoms with E-state index in [9.17, 15) is 4.79 Å². The van der Waals surface area contributed by atoms with Gasteiger partial charge < -0.3 is 10.1 Å². The first kappa shape index (κ1) is 19.8. The molecule has 30 heavy (non-hydrogen) atoms. The number of rotatable bonds is 5. The number of methoxy groups -OCH3 is 1. The second-order valence-electron chi connectivity index (χ2n) is 6.70. The van der Waals surface area contributed by atoms with Gasteiger partial charge in [-0.15, -0.1) is 5.10 Å².